The lowest BCUT2D eigenvalue weighted by molar-refractivity contribution is -0.138. The van der Waals surface area contributed by atoms with Crippen LogP contribution in [0.5, 0.6) is 0 Å². The maximum atomic E-state index is 13.4. The molecule has 1 aliphatic heterocycles. The molecule has 2 aromatic heterocycles. The number of rotatable bonds is 3. The normalized spacial score (nSPS) is 15.4. The molecular weight excluding hydrogens is 377 g/mol. The molecule has 1 fully saturated rings. The Bertz CT molecular complexity index is 1020. The highest BCUT2D eigenvalue weighted by molar-refractivity contribution is 5.88. The van der Waals surface area contributed by atoms with E-state index in [1.54, 1.807) is 10.6 Å². The van der Waals surface area contributed by atoms with Crippen LogP contribution in [0, 0.1) is 0 Å². The Morgan fingerprint density at radius 3 is 2.31 bits per heavy atom. The molecule has 4 nitrogen and oxygen atoms in total. The number of anilines is 1. The van der Waals surface area contributed by atoms with Crippen LogP contribution in [0.15, 0.2) is 36.5 Å². The van der Waals surface area contributed by atoms with Gasteiger partial charge in [0.1, 0.15) is 17.3 Å². The second-order valence-electron chi connectivity index (χ2n) is 8.65. The summed E-state index contributed by atoms with van der Waals surface area (Å²) in [7, 11) is 0. The molecule has 0 aliphatic carbocycles. The first-order chi connectivity index (χ1) is 13.6. The fourth-order valence-corrected chi connectivity index (χ4v) is 3.80. The molecule has 0 N–H and O–H groups in total. The molecule has 0 radical (unpaired) electrons. The van der Waals surface area contributed by atoms with Gasteiger partial charge in [-0.15, -0.1) is 0 Å². The summed E-state index contributed by atoms with van der Waals surface area (Å²) in [6.45, 7) is 8.14. The highest BCUT2D eigenvalue weighted by atomic mass is 19.4. The maximum absolute atomic E-state index is 13.4. The van der Waals surface area contributed by atoms with Gasteiger partial charge in [0.05, 0.1) is 10.9 Å². The molecule has 1 aromatic carbocycles. The fraction of sp³-hybridized carbons (Fsp3) is 0.455. The molecular formula is C22H25F3N4. The Hall–Kier alpha value is -2.57. The minimum atomic E-state index is -4.38. The van der Waals surface area contributed by atoms with Crippen molar-refractivity contribution in [2.45, 2.75) is 51.7 Å². The summed E-state index contributed by atoms with van der Waals surface area (Å²) in [6.07, 6.45) is -0.323. The number of hydrogen-bond acceptors (Lipinski definition) is 3. The van der Waals surface area contributed by atoms with E-state index in [0.29, 0.717) is 11.5 Å². The average molecular weight is 402 g/mol. The van der Waals surface area contributed by atoms with Gasteiger partial charge in [0.2, 0.25) is 0 Å². The molecule has 0 saturated carbocycles. The molecule has 0 amide bonds. The number of halogens is 3. The van der Waals surface area contributed by atoms with Gasteiger partial charge in [-0.3, -0.25) is 0 Å². The molecule has 3 aromatic rings. The van der Waals surface area contributed by atoms with Crippen LogP contribution in [0.4, 0.5) is 19.0 Å². The van der Waals surface area contributed by atoms with E-state index in [1.165, 1.54) is 12.1 Å². The van der Waals surface area contributed by atoms with Gasteiger partial charge in [0, 0.05) is 31.2 Å². The van der Waals surface area contributed by atoms with Crippen molar-refractivity contribution in [3.05, 3.63) is 53.5 Å². The minimum absolute atomic E-state index is 0.110. The van der Waals surface area contributed by atoms with Gasteiger partial charge < -0.3 is 9.47 Å². The number of benzene rings is 1. The zero-order valence-corrected chi connectivity index (χ0v) is 16.9. The summed E-state index contributed by atoms with van der Waals surface area (Å²) in [5.41, 5.74) is 0.0495. The van der Waals surface area contributed by atoms with Crippen molar-refractivity contribution in [3.8, 4) is 0 Å². The molecule has 1 saturated heterocycles. The third-order valence-electron chi connectivity index (χ3n) is 5.34. The van der Waals surface area contributed by atoms with Gasteiger partial charge in [0.25, 0.3) is 0 Å². The van der Waals surface area contributed by atoms with Gasteiger partial charge in [-0.25, -0.2) is 9.97 Å². The third kappa shape index (κ3) is 3.82. The van der Waals surface area contributed by atoms with E-state index in [9.17, 15) is 13.2 Å². The maximum Gasteiger partial charge on any atom is 0.416 e. The summed E-state index contributed by atoms with van der Waals surface area (Å²) in [5.74, 6) is 1.59. The van der Waals surface area contributed by atoms with E-state index in [0.717, 1.165) is 43.2 Å². The van der Waals surface area contributed by atoms with Gasteiger partial charge in [-0.2, -0.15) is 13.2 Å². The Morgan fingerprint density at radius 2 is 1.66 bits per heavy atom. The van der Waals surface area contributed by atoms with E-state index in [4.69, 9.17) is 9.97 Å². The van der Waals surface area contributed by atoms with Crippen LogP contribution in [0.25, 0.3) is 11.0 Å². The lowest BCUT2D eigenvalue weighted by Gasteiger charge is -2.23. The fourth-order valence-electron chi connectivity index (χ4n) is 3.80. The number of hydrogen-bond donors (Lipinski definition) is 0. The van der Waals surface area contributed by atoms with Crippen molar-refractivity contribution in [3.63, 3.8) is 0 Å². The summed E-state index contributed by atoms with van der Waals surface area (Å²) in [5, 5.41) is 0.893. The first-order valence-electron chi connectivity index (χ1n) is 9.92. The molecule has 0 atom stereocenters. The van der Waals surface area contributed by atoms with Crippen molar-refractivity contribution in [1.82, 2.24) is 14.5 Å². The molecule has 29 heavy (non-hydrogen) atoms. The first-order valence-corrected chi connectivity index (χ1v) is 9.92. The molecule has 7 heteroatoms. The molecule has 0 unspecified atom stereocenters. The van der Waals surface area contributed by atoms with Crippen molar-refractivity contribution in [1.29, 1.82) is 0 Å². The second kappa shape index (κ2) is 7.04. The predicted octanol–water partition coefficient (Wildman–Crippen LogP) is 5.40. The van der Waals surface area contributed by atoms with E-state index < -0.39 is 11.7 Å². The number of alkyl halides is 3. The lowest BCUT2D eigenvalue weighted by Crippen LogP contribution is -2.23. The summed E-state index contributed by atoms with van der Waals surface area (Å²) in [6, 6.07) is 7.65. The van der Waals surface area contributed by atoms with Crippen molar-refractivity contribution >= 4 is 16.9 Å². The van der Waals surface area contributed by atoms with Gasteiger partial charge in [-0.05, 0) is 30.5 Å². The number of nitrogens with zero attached hydrogens (tertiary/aromatic N) is 4. The van der Waals surface area contributed by atoms with E-state index in [2.05, 4.69) is 4.90 Å². The van der Waals surface area contributed by atoms with Gasteiger partial charge in [0.15, 0.2) is 0 Å². The molecule has 1 aliphatic rings. The highest BCUT2D eigenvalue weighted by Gasteiger charge is 2.33. The zero-order chi connectivity index (χ0) is 20.8. The average Bonchev–Trinajstić information content (AvgIpc) is 3.30. The molecule has 0 spiro atoms. The molecule has 0 bridgehead atoms. The minimum Gasteiger partial charge on any atom is -0.356 e. The van der Waals surface area contributed by atoms with Crippen LogP contribution in [0.1, 0.15) is 50.6 Å². The van der Waals surface area contributed by atoms with Crippen LogP contribution in [-0.4, -0.2) is 27.6 Å². The zero-order valence-electron chi connectivity index (χ0n) is 16.9. The van der Waals surface area contributed by atoms with Crippen LogP contribution >= 0.6 is 0 Å². The molecule has 154 valence electrons. The summed E-state index contributed by atoms with van der Waals surface area (Å²) >= 11 is 0. The Morgan fingerprint density at radius 1 is 0.966 bits per heavy atom. The highest BCUT2D eigenvalue weighted by Crippen LogP contribution is 2.34. The lowest BCUT2D eigenvalue weighted by atomic mass is 9.95. The smallest absolute Gasteiger partial charge is 0.356 e. The van der Waals surface area contributed by atoms with E-state index >= 15 is 0 Å². The van der Waals surface area contributed by atoms with Gasteiger partial charge in [-0.1, -0.05) is 39.0 Å². The molecule has 3 heterocycles. The van der Waals surface area contributed by atoms with Crippen LogP contribution in [0.3, 0.4) is 0 Å². The largest absolute Gasteiger partial charge is 0.416 e. The van der Waals surface area contributed by atoms with Crippen molar-refractivity contribution in [2.24, 2.45) is 0 Å². The number of fused-ring (bicyclic) bond motifs is 1. The summed E-state index contributed by atoms with van der Waals surface area (Å²) in [4.78, 5) is 11.9. The van der Waals surface area contributed by atoms with Crippen LogP contribution in [-0.2, 0) is 18.1 Å². The Kier molecular flexibility index (Phi) is 4.79. The van der Waals surface area contributed by atoms with Crippen LogP contribution in [0.2, 0.25) is 0 Å². The van der Waals surface area contributed by atoms with Crippen molar-refractivity contribution in [2.75, 3.05) is 18.0 Å². The SMILES string of the molecule is CC(C)(C)c1nc(N2CCCC2)c2ccn(Cc3ccccc3C(F)(F)F)c2n1. The van der Waals surface area contributed by atoms with E-state index in [1.807, 2.05) is 33.0 Å². The second-order valence-corrected chi connectivity index (χ2v) is 8.65. The first kappa shape index (κ1) is 19.7. The van der Waals surface area contributed by atoms with Gasteiger partial charge >= 0.3 is 6.18 Å². The number of aromatic nitrogens is 3. The Balaban J connectivity index is 1.84. The van der Waals surface area contributed by atoms with E-state index in [-0.39, 0.29) is 17.5 Å². The topological polar surface area (TPSA) is 34.0 Å². The quantitative estimate of drug-likeness (QED) is 0.589. The Labute approximate surface area is 168 Å². The summed E-state index contributed by atoms with van der Waals surface area (Å²) < 4.78 is 42.1. The van der Waals surface area contributed by atoms with Crippen molar-refractivity contribution < 1.29 is 13.2 Å². The van der Waals surface area contributed by atoms with Crippen LogP contribution < -0.4 is 4.90 Å². The standard InChI is InChI=1S/C22H25F3N4/c1-21(2,3)20-26-18(28-11-6-7-12-28)16-10-13-29(19(16)27-20)14-15-8-4-5-9-17(15)22(23,24)25/h4-5,8-10,13H,6-7,11-12,14H2,1-3H3. The monoisotopic (exact) mass is 402 g/mol. The third-order valence-corrected chi connectivity index (χ3v) is 5.34. The molecule has 4 rings (SSSR count). The predicted molar refractivity (Wildman–Crippen MR) is 108 cm³/mol.